The normalized spacial score (nSPS) is 18.1. The number of hydrogen-bond acceptors (Lipinski definition) is 3. The average Bonchev–Trinajstić information content (AvgIpc) is 2.28. The predicted octanol–water partition coefficient (Wildman–Crippen LogP) is 1.10. The lowest BCUT2D eigenvalue weighted by Gasteiger charge is -2.38. The van der Waals surface area contributed by atoms with Gasteiger partial charge in [0.1, 0.15) is 0 Å². The van der Waals surface area contributed by atoms with Crippen molar-refractivity contribution < 1.29 is 18.3 Å². The van der Waals surface area contributed by atoms with Gasteiger partial charge in [-0.2, -0.15) is 0 Å². The van der Waals surface area contributed by atoms with Gasteiger partial charge in [-0.05, 0) is 37.6 Å². The molecule has 2 N–H and O–H groups in total. The van der Waals surface area contributed by atoms with Crippen LogP contribution in [0.3, 0.4) is 0 Å². The molecule has 0 bridgehead atoms. The van der Waals surface area contributed by atoms with Crippen molar-refractivity contribution in [3.63, 3.8) is 0 Å². The van der Waals surface area contributed by atoms with Crippen molar-refractivity contribution in [1.29, 1.82) is 0 Å². The number of rotatable bonds is 4. The molecule has 98 valence electrons. The maximum absolute atomic E-state index is 11.6. The molecule has 18 heavy (non-hydrogen) atoms. The van der Waals surface area contributed by atoms with Gasteiger partial charge in [-0.15, -0.1) is 0 Å². The minimum absolute atomic E-state index is 0.147. The van der Waals surface area contributed by atoms with E-state index in [0.717, 1.165) is 6.42 Å². The van der Waals surface area contributed by atoms with E-state index in [0.29, 0.717) is 18.4 Å². The molecule has 1 saturated carbocycles. The molecule has 1 aliphatic rings. The van der Waals surface area contributed by atoms with Gasteiger partial charge >= 0.3 is 5.97 Å². The highest BCUT2D eigenvalue weighted by atomic mass is 32.2. The zero-order valence-corrected chi connectivity index (χ0v) is 10.8. The summed E-state index contributed by atoms with van der Waals surface area (Å²) in [6, 6.07) is 6.09. The van der Waals surface area contributed by atoms with Crippen molar-refractivity contribution >= 4 is 16.0 Å². The molecule has 5 nitrogen and oxygen atoms in total. The minimum atomic E-state index is -3.47. The van der Waals surface area contributed by atoms with Crippen LogP contribution in [-0.4, -0.2) is 26.5 Å². The molecule has 1 aromatic carbocycles. The summed E-state index contributed by atoms with van der Waals surface area (Å²) in [6.07, 6.45) is 2.11. The first kappa shape index (κ1) is 13.0. The third kappa shape index (κ3) is 1.91. The first-order chi connectivity index (χ1) is 8.42. The van der Waals surface area contributed by atoms with Gasteiger partial charge in [0.2, 0.25) is 10.0 Å². The van der Waals surface area contributed by atoms with Crippen LogP contribution in [0.5, 0.6) is 0 Å². The highest BCUT2D eigenvalue weighted by Crippen LogP contribution is 2.44. The second-order valence-electron chi connectivity index (χ2n) is 4.47. The smallest absolute Gasteiger partial charge is 0.314 e. The van der Waals surface area contributed by atoms with E-state index < -0.39 is 21.4 Å². The fourth-order valence-corrected chi connectivity index (χ4v) is 2.96. The van der Waals surface area contributed by atoms with Gasteiger partial charge in [0.05, 0.1) is 10.3 Å². The van der Waals surface area contributed by atoms with Gasteiger partial charge in [0.15, 0.2) is 0 Å². The molecule has 0 atom stereocenters. The number of carbonyl (C=O) groups is 1. The molecular formula is C12H15NO4S. The second-order valence-corrected chi connectivity index (χ2v) is 6.36. The first-order valence-electron chi connectivity index (χ1n) is 5.70. The Morgan fingerprint density at radius 1 is 1.28 bits per heavy atom. The van der Waals surface area contributed by atoms with Crippen LogP contribution >= 0.6 is 0 Å². The van der Waals surface area contributed by atoms with Gasteiger partial charge < -0.3 is 5.11 Å². The molecular weight excluding hydrogens is 254 g/mol. The van der Waals surface area contributed by atoms with E-state index in [4.69, 9.17) is 0 Å². The molecule has 0 spiro atoms. The van der Waals surface area contributed by atoms with E-state index in [1.807, 2.05) is 0 Å². The highest BCUT2D eigenvalue weighted by Gasteiger charge is 2.45. The summed E-state index contributed by atoms with van der Waals surface area (Å²) in [6.45, 7) is 0. The summed E-state index contributed by atoms with van der Waals surface area (Å²) in [5.74, 6) is -0.835. The largest absolute Gasteiger partial charge is 0.481 e. The van der Waals surface area contributed by atoms with Crippen molar-refractivity contribution in [2.75, 3.05) is 7.05 Å². The van der Waals surface area contributed by atoms with Crippen molar-refractivity contribution in [2.24, 2.45) is 0 Å². The van der Waals surface area contributed by atoms with Crippen LogP contribution < -0.4 is 4.72 Å². The SMILES string of the molecule is CNS(=O)(=O)c1ccc(C2(C(=O)O)CCC2)cc1. The Kier molecular flexibility index (Phi) is 3.16. The first-order valence-corrected chi connectivity index (χ1v) is 7.18. The molecule has 0 heterocycles. The Bertz CT molecular complexity index is 558. The Morgan fingerprint density at radius 3 is 2.17 bits per heavy atom. The predicted molar refractivity (Wildman–Crippen MR) is 65.9 cm³/mol. The summed E-state index contributed by atoms with van der Waals surface area (Å²) < 4.78 is 25.3. The maximum Gasteiger partial charge on any atom is 0.314 e. The molecule has 0 radical (unpaired) electrons. The fraction of sp³-hybridized carbons (Fsp3) is 0.417. The summed E-state index contributed by atoms with van der Waals surface area (Å²) in [5, 5.41) is 9.28. The van der Waals surface area contributed by atoms with Gasteiger partial charge in [-0.3, -0.25) is 4.79 Å². The Morgan fingerprint density at radius 2 is 1.83 bits per heavy atom. The third-order valence-electron chi connectivity index (χ3n) is 3.60. The second kappa shape index (κ2) is 4.37. The van der Waals surface area contributed by atoms with Crippen LogP contribution in [0, 0.1) is 0 Å². The number of aliphatic carboxylic acids is 1. The van der Waals surface area contributed by atoms with E-state index >= 15 is 0 Å². The van der Waals surface area contributed by atoms with Gasteiger partial charge in [-0.1, -0.05) is 18.6 Å². The van der Waals surface area contributed by atoms with E-state index in [9.17, 15) is 18.3 Å². The topological polar surface area (TPSA) is 83.5 Å². The van der Waals surface area contributed by atoms with Crippen LogP contribution in [0.2, 0.25) is 0 Å². The van der Waals surface area contributed by atoms with Crippen molar-refractivity contribution in [2.45, 2.75) is 29.6 Å². The number of benzene rings is 1. The van der Waals surface area contributed by atoms with Crippen molar-refractivity contribution in [3.8, 4) is 0 Å². The van der Waals surface area contributed by atoms with Gasteiger partial charge in [0.25, 0.3) is 0 Å². The van der Waals surface area contributed by atoms with Crippen LogP contribution in [0.25, 0.3) is 0 Å². The zero-order chi connectivity index (χ0) is 13.4. The van der Waals surface area contributed by atoms with E-state index in [-0.39, 0.29) is 4.90 Å². The summed E-state index contributed by atoms with van der Waals surface area (Å²) in [7, 11) is -2.13. The Hall–Kier alpha value is -1.40. The van der Waals surface area contributed by atoms with Crippen LogP contribution in [0.1, 0.15) is 24.8 Å². The van der Waals surface area contributed by atoms with Gasteiger partial charge in [-0.25, -0.2) is 13.1 Å². The molecule has 0 aliphatic heterocycles. The molecule has 2 rings (SSSR count). The average molecular weight is 269 g/mol. The monoisotopic (exact) mass is 269 g/mol. The van der Waals surface area contributed by atoms with E-state index in [1.54, 1.807) is 12.1 Å². The number of sulfonamides is 1. The third-order valence-corrected chi connectivity index (χ3v) is 5.03. The molecule has 0 amide bonds. The van der Waals surface area contributed by atoms with E-state index in [2.05, 4.69) is 4.72 Å². The lowest BCUT2D eigenvalue weighted by molar-refractivity contribution is -0.147. The van der Waals surface area contributed by atoms with Crippen molar-refractivity contribution in [1.82, 2.24) is 4.72 Å². The standard InChI is InChI=1S/C12H15NO4S/c1-13-18(16,17)10-5-3-9(4-6-10)12(11(14)15)7-2-8-12/h3-6,13H,2,7-8H2,1H3,(H,14,15). The molecule has 0 aromatic heterocycles. The molecule has 0 saturated heterocycles. The lowest BCUT2D eigenvalue weighted by atomic mass is 9.64. The molecule has 1 aliphatic carbocycles. The van der Waals surface area contributed by atoms with Crippen LogP contribution in [0.4, 0.5) is 0 Å². The fourth-order valence-electron chi connectivity index (χ4n) is 2.23. The number of hydrogen-bond donors (Lipinski definition) is 2. The molecule has 6 heteroatoms. The maximum atomic E-state index is 11.6. The Balaban J connectivity index is 2.37. The quantitative estimate of drug-likeness (QED) is 0.857. The van der Waals surface area contributed by atoms with Crippen LogP contribution in [0.15, 0.2) is 29.2 Å². The number of carboxylic acids is 1. The molecule has 1 aromatic rings. The number of carboxylic acid groups (broad SMARTS) is 1. The number of nitrogens with one attached hydrogen (secondary N) is 1. The van der Waals surface area contributed by atoms with Crippen LogP contribution in [-0.2, 0) is 20.2 Å². The van der Waals surface area contributed by atoms with E-state index in [1.165, 1.54) is 19.2 Å². The lowest BCUT2D eigenvalue weighted by Crippen LogP contribution is -2.42. The summed E-state index contributed by atoms with van der Waals surface area (Å²) >= 11 is 0. The Labute approximate surface area is 106 Å². The minimum Gasteiger partial charge on any atom is -0.481 e. The highest BCUT2D eigenvalue weighted by molar-refractivity contribution is 7.89. The summed E-state index contributed by atoms with van der Waals surface area (Å²) in [5.41, 5.74) is -0.140. The summed E-state index contributed by atoms with van der Waals surface area (Å²) in [4.78, 5) is 11.5. The molecule has 1 fully saturated rings. The van der Waals surface area contributed by atoms with Gasteiger partial charge in [0, 0.05) is 0 Å². The molecule has 0 unspecified atom stereocenters. The zero-order valence-electron chi connectivity index (χ0n) is 10.0. The van der Waals surface area contributed by atoms with Crippen molar-refractivity contribution in [3.05, 3.63) is 29.8 Å².